The number of carbonyl (C=O) groups excluding carboxylic acids is 1. The molecule has 0 bridgehead atoms. The summed E-state index contributed by atoms with van der Waals surface area (Å²) in [4.78, 5) is 14.0. The summed E-state index contributed by atoms with van der Waals surface area (Å²) >= 11 is 0. The fourth-order valence-corrected chi connectivity index (χ4v) is 4.87. The van der Waals surface area contributed by atoms with Crippen molar-refractivity contribution in [3.8, 4) is 5.75 Å². The predicted molar refractivity (Wildman–Crippen MR) is 85.6 cm³/mol. The molecule has 3 rings (SSSR count). The zero-order chi connectivity index (χ0) is 16.4. The van der Waals surface area contributed by atoms with E-state index in [0.29, 0.717) is 38.1 Å². The van der Waals surface area contributed by atoms with Crippen molar-refractivity contribution < 1.29 is 18.3 Å². The molecule has 126 valence electrons. The number of carbonyl (C=O) groups is 1. The Labute approximate surface area is 137 Å². The number of likely N-dealkylation sites (tertiary alicyclic amines) is 1. The van der Waals surface area contributed by atoms with Gasteiger partial charge in [-0.25, -0.2) is 0 Å². The molecule has 23 heavy (non-hydrogen) atoms. The Hall–Kier alpha value is -1.44. The van der Waals surface area contributed by atoms with Crippen LogP contribution in [0.25, 0.3) is 0 Å². The van der Waals surface area contributed by atoms with E-state index in [9.17, 15) is 13.6 Å². The number of piperidine rings is 1. The van der Waals surface area contributed by atoms with Gasteiger partial charge in [-0.05, 0) is 31.4 Å². The predicted octanol–water partition coefficient (Wildman–Crippen LogP) is 1.69. The Morgan fingerprint density at radius 2 is 2.00 bits per heavy atom. The van der Waals surface area contributed by atoms with E-state index in [2.05, 4.69) is 0 Å². The molecule has 2 aliphatic heterocycles. The highest BCUT2D eigenvalue weighted by Gasteiger charge is 2.37. The van der Waals surface area contributed by atoms with Crippen LogP contribution in [-0.2, 0) is 19.4 Å². The highest BCUT2D eigenvalue weighted by molar-refractivity contribution is 7.95. The minimum absolute atomic E-state index is 0.182. The molecule has 1 aromatic rings. The SMILES string of the molecule is COc1cccc([S+](=O)([O-])N2CCC(N3CCCC3=O)CC2)c1. The lowest BCUT2D eigenvalue weighted by Gasteiger charge is -2.37. The van der Waals surface area contributed by atoms with Gasteiger partial charge in [-0.1, -0.05) is 10.3 Å². The van der Waals surface area contributed by atoms with E-state index >= 15 is 0 Å². The third kappa shape index (κ3) is 3.27. The van der Waals surface area contributed by atoms with Crippen molar-refractivity contribution in [2.45, 2.75) is 36.6 Å². The van der Waals surface area contributed by atoms with Crippen molar-refractivity contribution in [3.63, 3.8) is 0 Å². The second-order valence-corrected chi connectivity index (χ2v) is 7.94. The molecule has 2 aliphatic rings. The molecule has 2 saturated heterocycles. The van der Waals surface area contributed by atoms with Crippen molar-refractivity contribution in [3.05, 3.63) is 24.3 Å². The van der Waals surface area contributed by atoms with Crippen LogP contribution in [0.4, 0.5) is 0 Å². The lowest BCUT2D eigenvalue weighted by molar-refractivity contribution is -0.130. The number of rotatable bonds is 4. The number of sulfonamides is 1. The maximum absolute atomic E-state index is 12.7. The van der Waals surface area contributed by atoms with Crippen LogP contribution in [0.1, 0.15) is 25.7 Å². The van der Waals surface area contributed by atoms with E-state index in [1.54, 1.807) is 24.3 Å². The summed E-state index contributed by atoms with van der Waals surface area (Å²) in [6.07, 6.45) is 2.95. The van der Waals surface area contributed by atoms with Crippen molar-refractivity contribution in [1.29, 1.82) is 0 Å². The van der Waals surface area contributed by atoms with Gasteiger partial charge in [-0.3, -0.25) is 4.79 Å². The van der Waals surface area contributed by atoms with Gasteiger partial charge < -0.3 is 14.2 Å². The summed E-state index contributed by atoms with van der Waals surface area (Å²) in [6.45, 7) is 1.72. The first-order chi connectivity index (χ1) is 11.0. The molecule has 1 aromatic carbocycles. The van der Waals surface area contributed by atoms with Crippen LogP contribution in [0.2, 0.25) is 0 Å². The van der Waals surface area contributed by atoms with Crippen LogP contribution in [0.15, 0.2) is 29.2 Å². The number of hydrogen-bond acceptors (Lipinski definition) is 4. The minimum Gasteiger partial charge on any atom is -0.593 e. The quantitative estimate of drug-likeness (QED) is 0.783. The Kier molecular flexibility index (Phi) is 4.70. The second-order valence-electron chi connectivity index (χ2n) is 6.00. The van der Waals surface area contributed by atoms with Crippen LogP contribution in [0.5, 0.6) is 5.75 Å². The number of benzene rings is 1. The van der Waals surface area contributed by atoms with E-state index in [4.69, 9.17) is 4.74 Å². The number of methoxy groups -OCH3 is 1. The summed E-state index contributed by atoms with van der Waals surface area (Å²) in [7, 11) is -1.99. The summed E-state index contributed by atoms with van der Waals surface area (Å²) < 4.78 is 32.1. The summed E-state index contributed by atoms with van der Waals surface area (Å²) in [5.74, 6) is 0.739. The average Bonchev–Trinajstić information content (AvgIpc) is 3.01. The number of hydrogen-bond donors (Lipinski definition) is 0. The topological polar surface area (TPSA) is 72.9 Å². The van der Waals surface area contributed by atoms with Gasteiger partial charge in [-0.15, -0.1) is 4.31 Å². The first-order valence-corrected chi connectivity index (χ1v) is 9.40. The van der Waals surface area contributed by atoms with Crippen molar-refractivity contribution in [2.75, 3.05) is 26.7 Å². The summed E-state index contributed by atoms with van der Waals surface area (Å²) in [5, 5.41) is 0. The molecule has 0 radical (unpaired) electrons. The number of ether oxygens (including phenoxy) is 1. The Balaban J connectivity index is 1.68. The molecule has 0 N–H and O–H groups in total. The average molecular weight is 338 g/mol. The van der Waals surface area contributed by atoms with Gasteiger partial charge in [0.1, 0.15) is 5.75 Å². The van der Waals surface area contributed by atoms with Gasteiger partial charge >= 0.3 is 0 Å². The Morgan fingerprint density at radius 3 is 2.61 bits per heavy atom. The van der Waals surface area contributed by atoms with Gasteiger partial charge in [0.05, 0.1) is 7.11 Å². The fraction of sp³-hybridized carbons (Fsp3) is 0.562. The van der Waals surface area contributed by atoms with Gasteiger partial charge in [0.15, 0.2) is 15.3 Å². The first kappa shape index (κ1) is 16.4. The van der Waals surface area contributed by atoms with Gasteiger partial charge in [0.25, 0.3) is 0 Å². The summed E-state index contributed by atoms with van der Waals surface area (Å²) in [5.41, 5.74) is 0. The lowest BCUT2D eigenvalue weighted by atomic mass is 10.1. The molecule has 0 saturated carbocycles. The normalized spacial score (nSPS) is 23.0. The third-order valence-corrected chi connectivity index (χ3v) is 6.55. The van der Waals surface area contributed by atoms with Crippen LogP contribution >= 0.6 is 0 Å². The molecule has 1 atom stereocenters. The zero-order valence-corrected chi connectivity index (χ0v) is 14.1. The second kappa shape index (κ2) is 6.59. The van der Waals surface area contributed by atoms with Gasteiger partial charge in [0, 0.05) is 38.2 Å². The first-order valence-electron chi connectivity index (χ1n) is 7.96. The van der Waals surface area contributed by atoms with Crippen LogP contribution < -0.4 is 4.74 Å². The smallest absolute Gasteiger partial charge is 0.222 e. The van der Waals surface area contributed by atoms with Crippen molar-refractivity contribution in [2.24, 2.45) is 0 Å². The van der Waals surface area contributed by atoms with Crippen LogP contribution in [0, 0.1) is 0 Å². The monoisotopic (exact) mass is 338 g/mol. The van der Waals surface area contributed by atoms with E-state index in [-0.39, 0.29) is 16.8 Å². The molecule has 0 aliphatic carbocycles. The molecule has 7 heteroatoms. The van der Waals surface area contributed by atoms with E-state index in [1.165, 1.54) is 11.4 Å². The van der Waals surface area contributed by atoms with Gasteiger partial charge in [0.2, 0.25) is 5.91 Å². The largest absolute Gasteiger partial charge is 0.593 e. The Bertz CT molecular complexity index is 628. The third-order valence-electron chi connectivity index (χ3n) is 4.65. The molecule has 1 amide bonds. The number of amides is 1. The maximum atomic E-state index is 12.7. The molecular weight excluding hydrogens is 316 g/mol. The highest BCUT2D eigenvalue weighted by atomic mass is 32.3. The molecule has 0 aromatic heterocycles. The van der Waals surface area contributed by atoms with Crippen LogP contribution in [-0.4, -0.2) is 52.5 Å². The maximum Gasteiger partial charge on any atom is 0.222 e. The molecule has 2 fully saturated rings. The fourth-order valence-electron chi connectivity index (χ4n) is 3.36. The molecule has 2 heterocycles. The standard InChI is InChI=1S/C16H22N2O4S/c1-22-14-4-2-5-15(12-14)23(20,21)17-10-7-13(8-11-17)18-9-3-6-16(18)19/h2,4-5,12-13H,3,6-11H2,1H3. The zero-order valence-electron chi connectivity index (χ0n) is 13.3. The molecule has 6 nitrogen and oxygen atoms in total. The highest BCUT2D eigenvalue weighted by Crippen LogP contribution is 2.29. The lowest BCUT2D eigenvalue weighted by Crippen LogP contribution is -2.48. The van der Waals surface area contributed by atoms with Crippen LogP contribution in [0.3, 0.4) is 0 Å². The molecule has 1 unspecified atom stereocenters. The van der Waals surface area contributed by atoms with Crippen molar-refractivity contribution >= 4 is 16.3 Å². The molecular formula is C16H22N2O4S. The van der Waals surface area contributed by atoms with Gasteiger partial charge in [-0.2, -0.15) is 0 Å². The minimum atomic E-state index is -3.51. The van der Waals surface area contributed by atoms with E-state index in [1.807, 2.05) is 4.90 Å². The van der Waals surface area contributed by atoms with Crippen molar-refractivity contribution in [1.82, 2.24) is 9.21 Å². The number of nitrogens with zero attached hydrogens (tertiary/aromatic N) is 2. The van der Waals surface area contributed by atoms with E-state index < -0.39 is 10.4 Å². The summed E-state index contributed by atoms with van der Waals surface area (Å²) in [6, 6.07) is 6.73. The van der Waals surface area contributed by atoms with E-state index in [0.717, 1.165) is 13.0 Å². The molecule has 0 spiro atoms. The Morgan fingerprint density at radius 1 is 1.26 bits per heavy atom.